The van der Waals surface area contributed by atoms with Gasteiger partial charge in [-0.2, -0.15) is 5.10 Å². The van der Waals surface area contributed by atoms with Gasteiger partial charge in [0.05, 0.1) is 26.3 Å². The maximum absolute atomic E-state index is 12.3. The molecule has 0 bridgehead atoms. The number of fused-ring (bicyclic) bond motifs is 1. The largest absolute Gasteiger partial charge is 0.319 e. The van der Waals surface area contributed by atoms with Crippen molar-refractivity contribution in [1.29, 1.82) is 0 Å². The summed E-state index contributed by atoms with van der Waals surface area (Å²) in [7, 11) is 0. The summed E-state index contributed by atoms with van der Waals surface area (Å²) in [4.78, 5) is 12.3. The number of aromatic nitrogens is 2. The molecule has 7 heteroatoms. The smallest absolute Gasteiger partial charge is 0.276 e. The third kappa shape index (κ3) is 2.70. The van der Waals surface area contributed by atoms with Crippen molar-refractivity contribution in [2.75, 3.05) is 5.32 Å². The number of halogens is 3. The number of anilines is 1. The maximum Gasteiger partial charge on any atom is 0.276 e. The Morgan fingerprint density at radius 2 is 1.76 bits per heavy atom. The fourth-order valence-corrected chi connectivity index (χ4v) is 2.53. The van der Waals surface area contributed by atoms with E-state index < -0.39 is 0 Å². The molecule has 0 aliphatic rings. The van der Waals surface area contributed by atoms with Crippen LogP contribution in [0.15, 0.2) is 36.4 Å². The molecule has 0 fully saturated rings. The van der Waals surface area contributed by atoms with Crippen molar-refractivity contribution >= 4 is 57.3 Å². The minimum Gasteiger partial charge on any atom is -0.319 e. The van der Waals surface area contributed by atoms with Crippen molar-refractivity contribution in [3.63, 3.8) is 0 Å². The molecular weight excluding hydrogens is 333 g/mol. The monoisotopic (exact) mass is 339 g/mol. The highest BCUT2D eigenvalue weighted by Crippen LogP contribution is 2.32. The van der Waals surface area contributed by atoms with Crippen LogP contribution < -0.4 is 5.32 Å². The van der Waals surface area contributed by atoms with Gasteiger partial charge in [0.1, 0.15) is 0 Å². The average Bonchev–Trinajstić information content (AvgIpc) is 2.88. The van der Waals surface area contributed by atoms with E-state index in [1.54, 1.807) is 0 Å². The summed E-state index contributed by atoms with van der Waals surface area (Å²) < 4.78 is 0. The molecule has 0 aliphatic carbocycles. The minimum absolute atomic E-state index is 0.285. The van der Waals surface area contributed by atoms with E-state index in [9.17, 15) is 4.79 Å². The molecule has 0 radical (unpaired) electrons. The first-order valence-corrected chi connectivity index (χ1v) is 7.08. The van der Waals surface area contributed by atoms with E-state index in [0.717, 1.165) is 10.9 Å². The van der Waals surface area contributed by atoms with Crippen LogP contribution in [0.4, 0.5) is 5.69 Å². The Morgan fingerprint density at radius 3 is 2.57 bits per heavy atom. The van der Waals surface area contributed by atoms with Crippen molar-refractivity contribution in [3.05, 3.63) is 57.2 Å². The van der Waals surface area contributed by atoms with Crippen molar-refractivity contribution in [1.82, 2.24) is 10.2 Å². The van der Waals surface area contributed by atoms with Gasteiger partial charge in [-0.1, -0.05) is 53.0 Å². The predicted octanol–water partition coefficient (Wildman–Crippen LogP) is 4.78. The molecule has 1 heterocycles. The molecule has 1 amide bonds. The average molecular weight is 341 g/mol. The normalized spacial score (nSPS) is 10.8. The summed E-state index contributed by atoms with van der Waals surface area (Å²) >= 11 is 17.8. The number of hydrogen-bond acceptors (Lipinski definition) is 2. The summed E-state index contributed by atoms with van der Waals surface area (Å²) in [6.07, 6.45) is 0. The first-order valence-electron chi connectivity index (χ1n) is 5.95. The Labute approximate surface area is 135 Å². The molecule has 0 atom stereocenters. The van der Waals surface area contributed by atoms with Crippen LogP contribution in [0, 0.1) is 0 Å². The molecule has 0 saturated carbocycles. The number of carbonyl (C=O) groups excluding carboxylic acids is 1. The zero-order chi connectivity index (χ0) is 15.0. The lowest BCUT2D eigenvalue weighted by Gasteiger charge is -2.07. The van der Waals surface area contributed by atoms with Gasteiger partial charge in [0.25, 0.3) is 5.91 Å². The molecule has 21 heavy (non-hydrogen) atoms. The summed E-state index contributed by atoms with van der Waals surface area (Å²) in [6, 6.07) is 10.3. The van der Waals surface area contributed by atoms with Crippen molar-refractivity contribution in [2.45, 2.75) is 0 Å². The Balaban J connectivity index is 1.95. The molecule has 106 valence electrons. The number of H-pyrrole nitrogens is 1. The summed E-state index contributed by atoms with van der Waals surface area (Å²) in [5.41, 5.74) is 1.44. The van der Waals surface area contributed by atoms with Gasteiger partial charge in [-0.15, -0.1) is 0 Å². The van der Waals surface area contributed by atoms with E-state index in [2.05, 4.69) is 15.5 Å². The van der Waals surface area contributed by atoms with Gasteiger partial charge in [-0.25, -0.2) is 0 Å². The Hall–Kier alpha value is -1.75. The lowest BCUT2D eigenvalue weighted by molar-refractivity contribution is 0.102. The Morgan fingerprint density at radius 1 is 1.05 bits per heavy atom. The first kappa shape index (κ1) is 14.2. The molecule has 1 aromatic heterocycles. The molecule has 3 rings (SSSR count). The van der Waals surface area contributed by atoms with Crippen LogP contribution in [0.1, 0.15) is 10.5 Å². The van der Waals surface area contributed by atoms with Gasteiger partial charge >= 0.3 is 0 Å². The minimum atomic E-state index is -0.382. The fourth-order valence-electron chi connectivity index (χ4n) is 1.94. The second kappa shape index (κ2) is 5.56. The van der Waals surface area contributed by atoms with E-state index in [1.807, 2.05) is 24.3 Å². The van der Waals surface area contributed by atoms with Crippen LogP contribution in [-0.4, -0.2) is 16.1 Å². The predicted molar refractivity (Wildman–Crippen MR) is 85.5 cm³/mol. The van der Waals surface area contributed by atoms with Crippen molar-refractivity contribution < 1.29 is 4.79 Å². The molecular formula is C14H8Cl3N3O. The van der Waals surface area contributed by atoms with Crippen LogP contribution in [-0.2, 0) is 0 Å². The van der Waals surface area contributed by atoms with Gasteiger partial charge in [0.15, 0.2) is 5.69 Å². The highest BCUT2D eigenvalue weighted by molar-refractivity contribution is 6.44. The SMILES string of the molecule is O=C(Nc1cc(Cl)c(Cl)cc1Cl)c1n[nH]c2ccccc12. The highest BCUT2D eigenvalue weighted by Gasteiger charge is 2.16. The number of aromatic amines is 1. The van der Waals surface area contributed by atoms with Crippen LogP contribution in [0.5, 0.6) is 0 Å². The number of nitrogens with one attached hydrogen (secondary N) is 2. The molecule has 4 nitrogen and oxygen atoms in total. The lowest BCUT2D eigenvalue weighted by Crippen LogP contribution is -2.13. The van der Waals surface area contributed by atoms with Crippen LogP contribution in [0.2, 0.25) is 15.1 Å². The van der Waals surface area contributed by atoms with Crippen LogP contribution >= 0.6 is 34.8 Å². The third-order valence-corrected chi connectivity index (χ3v) is 3.98. The molecule has 2 N–H and O–H groups in total. The van der Waals surface area contributed by atoms with E-state index in [4.69, 9.17) is 34.8 Å². The van der Waals surface area contributed by atoms with Gasteiger partial charge in [-0.3, -0.25) is 9.89 Å². The second-order valence-corrected chi connectivity index (χ2v) is 5.54. The van der Waals surface area contributed by atoms with Gasteiger partial charge in [0.2, 0.25) is 0 Å². The lowest BCUT2D eigenvalue weighted by atomic mass is 10.2. The number of rotatable bonds is 2. The molecule has 3 aromatic rings. The van der Waals surface area contributed by atoms with E-state index in [1.165, 1.54) is 12.1 Å². The van der Waals surface area contributed by atoms with Gasteiger partial charge in [0, 0.05) is 5.39 Å². The number of amides is 1. The first-order chi connectivity index (χ1) is 10.1. The molecule has 2 aromatic carbocycles. The zero-order valence-electron chi connectivity index (χ0n) is 10.5. The van der Waals surface area contributed by atoms with E-state index in [0.29, 0.717) is 20.8 Å². The van der Waals surface area contributed by atoms with Gasteiger partial charge < -0.3 is 5.32 Å². The number of benzene rings is 2. The summed E-state index contributed by atoms with van der Waals surface area (Å²) in [6.45, 7) is 0. The third-order valence-electron chi connectivity index (χ3n) is 2.94. The zero-order valence-corrected chi connectivity index (χ0v) is 12.7. The number of nitrogens with zero attached hydrogens (tertiary/aromatic N) is 1. The maximum atomic E-state index is 12.3. The Bertz CT molecular complexity index is 845. The topological polar surface area (TPSA) is 57.8 Å². The molecule has 0 spiro atoms. The number of hydrogen-bond donors (Lipinski definition) is 2. The van der Waals surface area contributed by atoms with E-state index in [-0.39, 0.29) is 11.6 Å². The quantitative estimate of drug-likeness (QED) is 0.660. The standard InChI is InChI=1S/C14H8Cl3N3O/c15-8-5-10(17)12(6-9(8)16)18-14(21)13-7-3-1-2-4-11(7)19-20-13/h1-6H,(H,18,21)(H,19,20). The van der Waals surface area contributed by atoms with Crippen molar-refractivity contribution in [3.8, 4) is 0 Å². The van der Waals surface area contributed by atoms with Crippen LogP contribution in [0.25, 0.3) is 10.9 Å². The Kier molecular flexibility index (Phi) is 3.76. The highest BCUT2D eigenvalue weighted by atomic mass is 35.5. The fraction of sp³-hybridized carbons (Fsp3) is 0. The second-order valence-electron chi connectivity index (χ2n) is 4.32. The molecule has 0 aliphatic heterocycles. The molecule has 0 unspecified atom stereocenters. The van der Waals surface area contributed by atoms with Gasteiger partial charge in [-0.05, 0) is 18.2 Å². The van der Waals surface area contributed by atoms with Crippen LogP contribution in [0.3, 0.4) is 0 Å². The van der Waals surface area contributed by atoms with Crippen molar-refractivity contribution in [2.24, 2.45) is 0 Å². The number of para-hydroxylation sites is 1. The number of carbonyl (C=O) groups is 1. The van der Waals surface area contributed by atoms with E-state index >= 15 is 0 Å². The molecule has 0 saturated heterocycles. The summed E-state index contributed by atoms with van der Waals surface area (Å²) in [5.74, 6) is -0.382. The summed E-state index contributed by atoms with van der Waals surface area (Å²) in [5, 5.41) is 11.2.